The molecule has 1 aromatic rings. The van der Waals surface area contributed by atoms with Gasteiger partial charge >= 0.3 is 6.18 Å². The van der Waals surface area contributed by atoms with E-state index in [2.05, 4.69) is 5.32 Å². The van der Waals surface area contributed by atoms with Gasteiger partial charge in [0.2, 0.25) is 0 Å². The van der Waals surface area contributed by atoms with Crippen molar-refractivity contribution in [3.8, 4) is 5.75 Å². The molecule has 0 radical (unpaired) electrons. The van der Waals surface area contributed by atoms with E-state index in [1.165, 1.54) is 0 Å². The Kier molecular flexibility index (Phi) is 4.55. The first-order valence-electron chi connectivity index (χ1n) is 6.50. The van der Waals surface area contributed by atoms with Crippen molar-refractivity contribution in [2.24, 2.45) is 0 Å². The molecule has 2 atom stereocenters. The van der Waals surface area contributed by atoms with Gasteiger partial charge in [-0.15, -0.1) is 0 Å². The monoisotopic (exact) mass is 289 g/mol. The summed E-state index contributed by atoms with van der Waals surface area (Å²) in [5.41, 5.74) is 2.00. The fourth-order valence-electron chi connectivity index (χ4n) is 2.30. The van der Waals surface area contributed by atoms with E-state index in [1.807, 2.05) is 25.1 Å². The zero-order valence-corrected chi connectivity index (χ0v) is 11.5. The van der Waals surface area contributed by atoms with Crippen molar-refractivity contribution in [1.29, 1.82) is 0 Å². The number of halogens is 3. The third-order valence-electron chi connectivity index (χ3n) is 3.22. The number of ether oxygens (including phenoxy) is 2. The van der Waals surface area contributed by atoms with E-state index in [1.54, 1.807) is 7.05 Å². The van der Waals surface area contributed by atoms with Gasteiger partial charge in [0.15, 0.2) is 0 Å². The molecule has 0 bridgehead atoms. The van der Waals surface area contributed by atoms with Crippen LogP contribution in [0.15, 0.2) is 18.2 Å². The SMILES string of the molecule is CNC(COCC(F)(F)F)c1ccc2c(c1)CC(C)O2. The second kappa shape index (κ2) is 6.01. The number of fused-ring (bicyclic) bond motifs is 1. The van der Waals surface area contributed by atoms with Gasteiger partial charge in [0.1, 0.15) is 18.5 Å². The molecule has 0 fully saturated rings. The standard InChI is InChI=1S/C14H18F3NO2/c1-9-5-11-6-10(3-4-13(11)20-9)12(18-2)7-19-8-14(15,16)17/h3-4,6,9,12,18H,5,7-8H2,1-2H3. The first-order chi connectivity index (χ1) is 9.39. The molecule has 20 heavy (non-hydrogen) atoms. The van der Waals surface area contributed by atoms with Gasteiger partial charge in [0.25, 0.3) is 0 Å². The van der Waals surface area contributed by atoms with Crippen LogP contribution < -0.4 is 10.1 Å². The quantitative estimate of drug-likeness (QED) is 0.904. The molecule has 1 N–H and O–H groups in total. The molecular weight excluding hydrogens is 271 g/mol. The summed E-state index contributed by atoms with van der Waals surface area (Å²) < 4.78 is 46.5. The normalized spacial score (nSPS) is 19.6. The summed E-state index contributed by atoms with van der Waals surface area (Å²) in [7, 11) is 1.70. The number of nitrogens with one attached hydrogen (secondary N) is 1. The first kappa shape index (κ1) is 15.1. The molecule has 0 saturated heterocycles. The second-order valence-electron chi connectivity index (χ2n) is 4.97. The van der Waals surface area contributed by atoms with Gasteiger partial charge in [-0.2, -0.15) is 13.2 Å². The van der Waals surface area contributed by atoms with Crippen LogP contribution in [0.25, 0.3) is 0 Å². The van der Waals surface area contributed by atoms with E-state index in [-0.39, 0.29) is 18.8 Å². The maximum absolute atomic E-state index is 12.1. The molecule has 1 aromatic carbocycles. The molecule has 1 aliphatic heterocycles. The van der Waals surface area contributed by atoms with Crippen LogP contribution in [0.5, 0.6) is 5.75 Å². The van der Waals surface area contributed by atoms with E-state index < -0.39 is 12.8 Å². The Morgan fingerprint density at radius 3 is 2.85 bits per heavy atom. The molecule has 0 amide bonds. The van der Waals surface area contributed by atoms with Gasteiger partial charge in [-0.1, -0.05) is 12.1 Å². The Balaban J connectivity index is 2.00. The first-order valence-corrected chi connectivity index (χ1v) is 6.50. The number of hydrogen-bond donors (Lipinski definition) is 1. The summed E-state index contributed by atoms with van der Waals surface area (Å²) >= 11 is 0. The van der Waals surface area contributed by atoms with Gasteiger partial charge in [-0.05, 0) is 31.2 Å². The third kappa shape index (κ3) is 3.86. The maximum atomic E-state index is 12.1. The minimum atomic E-state index is -4.29. The van der Waals surface area contributed by atoms with Crippen molar-refractivity contribution in [3.05, 3.63) is 29.3 Å². The number of benzene rings is 1. The largest absolute Gasteiger partial charge is 0.490 e. The predicted octanol–water partition coefficient (Wildman–Crippen LogP) is 2.85. The summed E-state index contributed by atoms with van der Waals surface area (Å²) in [6.45, 7) is 0.739. The van der Waals surface area contributed by atoms with E-state index in [0.717, 1.165) is 23.3 Å². The molecule has 1 aliphatic rings. The molecule has 0 spiro atoms. The van der Waals surface area contributed by atoms with Crippen LogP contribution in [0.1, 0.15) is 24.1 Å². The van der Waals surface area contributed by atoms with Crippen LogP contribution in [0.2, 0.25) is 0 Å². The van der Waals surface area contributed by atoms with Crippen molar-refractivity contribution in [2.45, 2.75) is 31.7 Å². The Hall–Kier alpha value is -1.27. The zero-order valence-electron chi connectivity index (χ0n) is 11.5. The molecule has 1 heterocycles. The topological polar surface area (TPSA) is 30.5 Å². The van der Waals surface area contributed by atoms with Crippen LogP contribution in [-0.4, -0.2) is 32.5 Å². The summed E-state index contributed by atoms with van der Waals surface area (Å²) in [6.07, 6.45) is -3.32. The lowest BCUT2D eigenvalue weighted by Gasteiger charge is -2.18. The second-order valence-corrected chi connectivity index (χ2v) is 4.97. The van der Waals surface area contributed by atoms with Crippen LogP contribution in [-0.2, 0) is 11.2 Å². The van der Waals surface area contributed by atoms with E-state index in [4.69, 9.17) is 9.47 Å². The van der Waals surface area contributed by atoms with E-state index in [9.17, 15) is 13.2 Å². The summed E-state index contributed by atoms with van der Waals surface area (Å²) in [5.74, 6) is 0.854. The van der Waals surface area contributed by atoms with Gasteiger partial charge in [-0.3, -0.25) is 0 Å². The maximum Gasteiger partial charge on any atom is 0.411 e. The highest BCUT2D eigenvalue weighted by Gasteiger charge is 2.28. The Morgan fingerprint density at radius 2 is 2.20 bits per heavy atom. The van der Waals surface area contributed by atoms with Crippen molar-refractivity contribution < 1.29 is 22.6 Å². The highest BCUT2D eigenvalue weighted by atomic mass is 19.4. The minimum absolute atomic E-state index is 0.0226. The molecule has 3 nitrogen and oxygen atoms in total. The van der Waals surface area contributed by atoms with Gasteiger partial charge < -0.3 is 14.8 Å². The lowest BCUT2D eigenvalue weighted by atomic mass is 10.0. The number of likely N-dealkylation sites (N-methyl/N-ethyl adjacent to an activating group) is 1. The molecule has 112 valence electrons. The molecule has 6 heteroatoms. The Bertz CT molecular complexity index is 462. The zero-order chi connectivity index (χ0) is 14.8. The average molecular weight is 289 g/mol. The lowest BCUT2D eigenvalue weighted by molar-refractivity contribution is -0.175. The van der Waals surface area contributed by atoms with Gasteiger partial charge in [0.05, 0.1) is 12.6 Å². The Morgan fingerprint density at radius 1 is 1.45 bits per heavy atom. The average Bonchev–Trinajstić information content (AvgIpc) is 2.72. The number of alkyl halides is 3. The van der Waals surface area contributed by atoms with Gasteiger partial charge in [0, 0.05) is 6.42 Å². The summed E-state index contributed by atoms with van der Waals surface area (Å²) in [6, 6.07) is 5.42. The Labute approximate surface area is 116 Å². The van der Waals surface area contributed by atoms with Crippen LogP contribution >= 0.6 is 0 Å². The molecule has 0 aromatic heterocycles. The minimum Gasteiger partial charge on any atom is -0.490 e. The number of rotatable bonds is 5. The molecule has 2 rings (SSSR count). The van der Waals surface area contributed by atoms with E-state index >= 15 is 0 Å². The van der Waals surface area contributed by atoms with Crippen LogP contribution in [0.3, 0.4) is 0 Å². The predicted molar refractivity (Wildman–Crippen MR) is 68.9 cm³/mol. The highest BCUT2D eigenvalue weighted by Crippen LogP contribution is 2.31. The van der Waals surface area contributed by atoms with Crippen molar-refractivity contribution >= 4 is 0 Å². The summed E-state index contributed by atoms with van der Waals surface area (Å²) in [4.78, 5) is 0. The fraction of sp³-hybridized carbons (Fsp3) is 0.571. The van der Waals surface area contributed by atoms with Crippen LogP contribution in [0.4, 0.5) is 13.2 Å². The molecule has 0 saturated carbocycles. The van der Waals surface area contributed by atoms with Crippen molar-refractivity contribution in [2.75, 3.05) is 20.3 Å². The van der Waals surface area contributed by atoms with Crippen molar-refractivity contribution in [3.63, 3.8) is 0 Å². The lowest BCUT2D eigenvalue weighted by Crippen LogP contribution is -2.25. The molecule has 0 aliphatic carbocycles. The van der Waals surface area contributed by atoms with Crippen molar-refractivity contribution in [1.82, 2.24) is 5.32 Å². The summed E-state index contributed by atoms with van der Waals surface area (Å²) in [5, 5.41) is 2.97. The van der Waals surface area contributed by atoms with Crippen LogP contribution in [0, 0.1) is 0 Å². The smallest absolute Gasteiger partial charge is 0.411 e. The molecular formula is C14H18F3NO2. The number of hydrogen-bond acceptors (Lipinski definition) is 3. The molecule has 2 unspecified atom stereocenters. The third-order valence-corrected chi connectivity index (χ3v) is 3.22. The van der Waals surface area contributed by atoms with E-state index in [0.29, 0.717) is 0 Å². The fourth-order valence-corrected chi connectivity index (χ4v) is 2.30. The van der Waals surface area contributed by atoms with Gasteiger partial charge in [-0.25, -0.2) is 0 Å². The highest BCUT2D eigenvalue weighted by molar-refractivity contribution is 5.41.